The quantitative estimate of drug-likeness (QED) is 0.136. The summed E-state index contributed by atoms with van der Waals surface area (Å²) >= 11 is 0. The Bertz CT molecular complexity index is 964. The Morgan fingerprint density at radius 2 is 1.73 bits per heavy atom. The lowest BCUT2D eigenvalue weighted by molar-refractivity contribution is -0.154. The minimum Gasteiger partial charge on any atom is -0.481 e. The zero-order chi connectivity index (χ0) is 28.9. The molecule has 3 aliphatic heterocycles. The number of aliphatic carboxylic acids is 1. The van der Waals surface area contributed by atoms with Gasteiger partial charge in [-0.2, -0.15) is 0 Å². The zero-order valence-corrected chi connectivity index (χ0v) is 24.2. The fourth-order valence-electron chi connectivity index (χ4n) is 5.66. The number of unbranched alkanes of at least 4 members (excludes halogenated alkanes) is 1. The van der Waals surface area contributed by atoms with Crippen molar-refractivity contribution < 1.29 is 38.4 Å². The van der Waals surface area contributed by atoms with E-state index in [1.54, 1.807) is 0 Å². The lowest BCUT2D eigenvalue weighted by Crippen LogP contribution is -2.37. The molecular formula is C32H46O8. The molecule has 0 amide bonds. The molecule has 0 aliphatic carbocycles. The number of esters is 2. The highest BCUT2D eigenvalue weighted by Crippen LogP contribution is 2.33. The minimum absolute atomic E-state index is 0.0502. The summed E-state index contributed by atoms with van der Waals surface area (Å²) in [6, 6.07) is 0. The molecule has 2 fully saturated rings. The predicted molar refractivity (Wildman–Crippen MR) is 151 cm³/mol. The summed E-state index contributed by atoms with van der Waals surface area (Å²) in [7, 11) is 1.36. The van der Waals surface area contributed by atoms with Crippen molar-refractivity contribution in [3.63, 3.8) is 0 Å². The van der Waals surface area contributed by atoms with Crippen LogP contribution in [-0.2, 0) is 33.3 Å². The number of carboxylic acid groups (broad SMARTS) is 1. The maximum atomic E-state index is 13.1. The van der Waals surface area contributed by atoms with Gasteiger partial charge < -0.3 is 24.1 Å². The maximum Gasteiger partial charge on any atom is 0.330 e. The molecule has 3 rings (SSSR count). The standard InChI is InChI=1S/C32H46O8/c1-22-14-15-23(2)29(12-7-5-4-6-8-13-30(33)34)40-32(36)21-28-18-24(19-31(35)37-3)17-27(39-28)20-26-11-9-10-25(16-22)38-26/h4-5,7,12,14-15,19,22-23,25-29H,6,8-11,13,16-18,20-21H2,1-3H3,(H,33,34)/b5-4-,12-7+,15-14-,24-19-/t22-,23-,25+,26-,27+,28-,29-/m0/s1. The fraction of sp³-hybridized carbons (Fsp3) is 0.656. The van der Waals surface area contributed by atoms with E-state index in [9.17, 15) is 14.4 Å². The maximum absolute atomic E-state index is 13.1. The van der Waals surface area contributed by atoms with Crippen molar-refractivity contribution >= 4 is 17.9 Å². The van der Waals surface area contributed by atoms with Crippen LogP contribution in [-0.4, -0.2) is 60.6 Å². The van der Waals surface area contributed by atoms with E-state index >= 15 is 0 Å². The molecule has 0 radical (unpaired) electrons. The Morgan fingerprint density at radius 3 is 2.48 bits per heavy atom. The highest BCUT2D eigenvalue weighted by atomic mass is 16.6. The smallest absolute Gasteiger partial charge is 0.330 e. The molecule has 0 saturated carbocycles. The van der Waals surface area contributed by atoms with Gasteiger partial charge in [-0.3, -0.25) is 9.59 Å². The van der Waals surface area contributed by atoms with Crippen molar-refractivity contribution in [1.29, 1.82) is 0 Å². The van der Waals surface area contributed by atoms with Crippen molar-refractivity contribution in [3.05, 3.63) is 48.1 Å². The van der Waals surface area contributed by atoms with Gasteiger partial charge in [0.1, 0.15) is 6.10 Å². The highest BCUT2D eigenvalue weighted by molar-refractivity contribution is 5.82. The Labute approximate surface area is 238 Å². The van der Waals surface area contributed by atoms with Gasteiger partial charge >= 0.3 is 17.9 Å². The first-order chi connectivity index (χ1) is 19.2. The van der Waals surface area contributed by atoms with Gasteiger partial charge in [0, 0.05) is 24.8 Å². The molecule has 8 heteroatoms. The first-order valence-electron chi connectivity index (χ1n) is 14.7. The second-order valence-corrected chi connectivity index (χ2v) is 11.4. The predicted octanol–water partition coefficient (Wildman–Crippen LogP) is 5.86. The number of ether oxygens (including phenoxy) is 4. The van der Waals surface area contributed by atoms with Crippen LogP contribution in [0.15, 0.2) is 48.1 Å². The van der Waals surface area contributed by atoms with Gasteiger partial charge in [-0.1, -0.05) is 49.8 Å². The summed E-state index contributed by atoms with van der Waals surface area (Å²) < 4.78 is 23.7. The van der Waals surface area contributed by atoms with Crippen molar-refractivity contribution in [2.45, 2.75) is 115 Å². The van der Waals surface area contributed by atoms with Crippen LogP contribution in [0.5, 0.6) is 0 Å². The average Bonchev–Trinajstić information content (AvgIpc) is 2.89. The molecule has 0 aromatic rings. The normalized spacial score (nSPS) is 34.0. The van der Waals surface area contributed by atoms with Gasteiger partial charge in [0.2, 0.25) is 0 Å². The molecule has 0 aromatic heterocycles. The Kier molecular flexibility index (Phi) is 13.1. The molecule has 4 bridgehead atoms. The van der Waals surface area contributed by atoms with Crippen LogP contribution < -0.4 is 0 Å². The van der Waals surface area contributed by atoms with E-state index in [-0.39, 0.29) is 49.1 Å². The number of rotatable bonds is 7. The van der Waals surface area contributed by atoms with E-state index in [0.717, 1.165) is 37.7 Å². The number of cyclic esters (lactones) is 1. The molecular weight excluding hydrogens is 512 g/mol. The van der Waals surface area contributed by atoms with E-state index in [4.69, 9.17) is 24.1 Å². The first-order valence-corrected chi connectivity index (χ1v) is 14.7. The topological polar surface area (TPSA) is 108 Å². The monoisotopic (exact) mass is 558 g/mol. The van der Waals surface area contributed by atoms with Gasteiger partial charge in [0.25, 0.3) is 0 Å². The number of hydrogen-bond donors (Lipinski definition) is 1. The number of methoxy groups -OCH3 is 1. The van der Waals surface area contributed by atoms with Crippen LogP contribution in [0.3, 0.4) is 0 Å². The van der Waals surface area contributed by atoms with Crippen molar-refractivity contribution in [3.8, 4) is 0 Å². The Morgan fingerprint density at radius 1 is 1.00 bits per heavy atom. The zero-order valence-electron chi connectivity index (χ0n) is 24.2. The molecule has 222 valence electrons. The Hall–Kier alpha value is -2.71. The molecule has 0 unspecified atom stereocenters. The van der Waals surface area contributed by atoms with E-state index in [1.165, 1.54) is 13.2 Å². The van der Waals surface area contributed by atoms with Gasteiger partial charge in [-0.05, 0) is 63.4 Å². The van der Waals surface area contributed by atoms with Crippen LogP contribution in [0.2, 0.25) is 0 Å². The van der Waals surface area contributed by atoms with Gasteiger partial charge in [-0.15, -0.1) is 0 Å². The number of carboxylic acids is 1. The van der Waals surface area contributed by atoms with Gasteiger partial charge in [0.15, 0.2) is 0 Å². The molecule has 3 heterocycles. The molecule has 7 atom stereocenters. The fourth-order valence-corrected chi connectivity index (χ4v) is 5.66. The molecule has 1 N–H and O–H groups in total. The van der Waals surface area contributed by atoms with Crippen molar-refractivity contribution in [2.24, 2.45) is 11.8 Å². The second-order valence-electron chi connectivity index (χ2n) is 11.4. The molecule has 8 nitrogen and oxygen atoms in total. The number of allylic oxidation sites excluding steroid dienone is 4. The third kappa shape index (κ3) is 11.4. The van der Waals surface area contributed by atoms with Crippen LogP contribution in [0.1, 0.15) is 84.5 Å². The van der Waals surface area contributed by atoms with E-state index in [1.807, 2.05) is 31.2 Å². The van der Waals surface area contributed by atoms with Crippen LogP contribution in [0.4, 0.5) is 0 Å². The summed E-state index contributed by atoms with van der Waals surface area (Å²) in [5, 5.41) is 8.78. The largest absolute Gasteiger partial charge is 0.481 e. The Balaban J connectivity index is 1.77. The third-order valence-electron chi connectivity index (χ3n) is 7.72. The molecule has 2 saturated heterocycles. The summed E-state index contributed by atoms with van der Waals surface area (Å²) in [5.41, 5.74) is 0.920. The van der Waals surface area contributed by atoms with E-state index < -0.39 is 18.0 Å². The van der Waals surface area contributed by atoms with Crippen molar-refractivity contribution in [1.82, 2.24) is 0 Å². The summed E-state index contributed by atoms with van der Waals surface area (Å²) in [5.74, 6) is -1.28. The van der Waals surface area contributed by atoms with Gasteiger partial charge in [-0.25, -0.2) is 4.79 Å². The lowest BCUT2D eigenvalue weighted by Gasteiger charge is -2.37. The number of hydrogen-bond acceptors (Lipinski definition) is 7. The van der Waals surface area contributed by atoms with Crippen LogP contribution in [0.25, 0.3) is 0 Å². The molecule has 0 aromatic carbocycles. The van der Waals surface area contributed by atoms with Crippen LogP contribution >= 0.6 is 0 Å². The molecule has 0 spiro atoms. The van der Waals surface area contributed by atoms with E-state index in [0.29, 0.717) is 31.6 Å². The third-order valence-corrected chi connectivity index (χ3v) is 7.72. The number of fused-ring (bicyclic) bond motifs is 4. The number of carbonyl (C=O) groups is 3. The SMILES string of the molecule is COC(=O)/C=C1\C[C@H]2CC(=O)O[C@@H](/C=C/C=C\CCCC(=O)O)[C@@H](C)/C=C\[C@H](C)C[C@H]3CCC[C@@H](C[C@@H](C1)O2)O3. The average molecular weight is 559 g/mol. The minimum atomic E-state index is -0.798. The molecule has 3 aliphatic rings. The summed E-state index contributed by atoms with van der Waals surface area (Å²) in [6.07, 6.45) is 20.0. The highest BCUT2D eigenvalue weighted by Gasteiger charge is 2.33. The lowest BCUT2D eigenvalue weighted by atomic mass is 9.89. The summed E-state index contributed by atoms with van der Waals surface area (Å²) in [6.45, 7) is 4.22. The van der Waals surface area contributed by atoms with Gasteiger partial charge in [0.05, 0.1) is 37.9 Å². The second kappa shape index (κ2) is 16.5. The van der Waals surface area contributed by atoms with Crippen molar-refractivity contribution in [2.75, 3.05) is 7.11 Å². The molecule has 40 heavy (non-hydrogen) atoms. The van der Waals surface area contributed by atoms with E-state index in [2.05, 4.69) is 19.1 Å². The first kappa shape index (κ1) is 31.8. The number of carbonyl (C=O) groups excluding carboxylic acids is 2. The summed E-state index contributed by atoms with van der Waals surface area (Å²) in [4.78, 5) is 35.8. The van der Waals surface area contributed by atoms with Crippen LogP contribution in [0, 0.1) is 11.8 Å².